The minimum atomic E-state index is 0.144. The number of aryl methyl sites for hydroxylation is 1. The highest BCUT2D eigenvalue weighted by molar-refractivity contribution is 5.97. The Morgan fingerprint density at radius 2 is 2.00 bits per heavy atom. The smallest absolute Gasteiger partial charge is 0.167 e. The van der Waals surface area contributed by atoms with Crippen LogP contribution in [0, 0.1) is 12.8 Å². The number of ketones is 1. The Morgan fingerprint density at radius 3 is 2.59 bits per heavy atom. The molecular weight excluding hydrogens is 214 g/mol. The maximum absolute atomic E-state index is 12.3. The van der Waals surface area contributed by atoms with E-state index in [1.807, 2.05) is 19.1 Å². The summed E-state index contributed by atoms with van der Waals surface area (Å²) in [5.74, 6) is 0.392. The Labute approximate surface area is 101 Å². The minimum Gasteiger partial charge on any atom is -0.375 e. The molecule has 0 N–H and O–H groups in total. The quantitative estimate of drug-likeness (QED) is 0.734. The topological polar surface area (TPSA) is 39.2 Å². The first kappa shape index (κ1) is 10.9. The minimum absolute atomic E-state index is 0.144. The Balaban J connectivity index is 1.76. The predicted molar refractivity (Wildman–Crippen MR) is 63.9 cm³/mol. The Hall–Kier alpha value is -1.22. The van der Waals surface area contributed by atoms with Gasteiger partial charge >= 0.3 is 0 Å². The molecule has 2 bridgehead atoms. The molecule has 3 heterocycles. The van der Waals surface area contributed by atoms with Crippen LogP contribution in [0.5, 0.6) is 0 Å². The summed E-state index contributed by atoms with van der Waals surface area (Å²) in [6.07, 6.45) is 6.38. The second kappa shape index (κ2) is 4.22. The summed E-state index contributed by atoms with van der Waals surface area (Å²) in [6.45, 7) is 1.93. The molecule has 2 aliphatic heterocycles. The number of carbonyl (C=O) groups excluding carboxylic acids is 1. The zero-order chi connectivity index (χ0) is 11.8. The number of aromatic nitrogens is 1. The number of pyridine rings is 1. The second-order valence-electron chi connectivity index (χ2n) is 5.18. The van der Waals surface area contributed by atoms with Crippen molar-refractivity contribution in [2.24, 2.45) is 5.92 Å². The molecule has 0 amide bonds. The van der Waals surface area contributed by atoms with Crippen molar-refractivity contribution in [3.05, 3.63) is 29.6 Å². The lowest BCUT2D eigenvalue weighted by Crippen LogP contribution is -2.30. The van der Waals surface area contributed by atoms with Crippen LogP contribution in [0.1, 0.15) is 41.7 Å². The van der Waals surface area contributed by atoms with Gasteiger partial charge in [0.05, 0.1) is 12.2 Å². The van der Waals surface area contributed by atoms with Crippen LogP contribution in [0.15, 0.2) is 18.3 Å². The zero-order valence-corrected chi connectivity index (χ0v) is 10.1. The molecule has 2 unspecified atom stereocenters. The van der Waals surface area contributed by atoms with Crippen LogP contribution in [-0.2, 0) is 4.74 Å². The van der Waals surface area contributed by atoms with Gasteiger partial charge in [-0.1, -0.05) is 0 Å². The van der Waals surface area contributed by atoms with Crippen molar-refractivity contribution >= 4 is 5.78 Å². The largest absolute Gasteiger partial charge is 0.375 e. The molecule has 3 rings (SSSR count). The predicted octanol–water partition coefficient (Wildman–Crippen LogP) is 2.53. The van der Waals surface area contributed by atoms with Gasteiger partial charge in [-0.15, -0.1) is 0 Å². The standard InChI is InChI=1S/C14H17NO2/c1-9-2-3-10(8-15-9)14(16)11-6-12-4-5-13(7-11)17-12/h2-3,8,11-13H,4-7H2,1H3. The lowest BCUT2D eigenvalue weighted by Gasteiger charge is -2.27. The molecule has 2 saturated heterocycles. The van der Waals surface area contributed by atoms with Crippen molar-refractivity contribution < 1.29 is 9.53 Å². The molecule has 3 nitrogen and oxygen atoms in total. The van der Waals surface area contributed by atoms with E-state index in [1.165, 1.54) is 0 Å². The van der Waals surface area contributed by atoms with Gasteiger partial charge in [0.1, 0.15) is 0 Å². The highest BCUT2D eigenvalue weighted by Gasteiger charge is 2.38. The molecule has 0 aliphatic carbocycles. The number of nitrogens with zero attached hydrogens (tertiary/aromatic N) is 1. The maximum Gasteiger partial charge on any atom is 0.167 e. The van der Waals surface area contributed by atoms with Crippen LogP contribution in [0.4, 0.5) is 0 Å². The molecule has 0 radical (unpaired) electrons. The van der Waals surface area contributed by atoms with Gasteiger partial charge in [-0.2, -0.15) is 0 Å². The van der Waals surface area contributed by atoms with Crippen molar-refractivity contribution in [3.63, 3.8) is 0 Å². The first-order valence-electron chi connectivity index (χ1n) is 6.34. The van der Waals surface area contributed by atoms with E-state index in [1.54, 1.807) is 6.20 Å². The van der Waals surface area contributed by atoms with Crippen molar-refractivity contribution in [1.29, 1.82) is 0 Å². The van der Waals surface area contributed by atoms with Crippen LogP contribution >= 0.6 is 0 Å². The van der Waals surface area contributed by atoms with Crippen LogP contribution in [0.3, 0.4) is 0 Å². The van der Waals surface area contributed by atoms with Gasteiger partial charge in [-0.3, -0.25) is 9.78 Å². The first-order valence-corrected chi connectivity index (χ1v) is 6.34. The van der Waals surface area contributed by atoms with Crippen LogP contribution < -0.4 is 0 Å². The van der Waals surface area contributed by atoms with Gasteiger partial charge in [0.15, 0.2) is 5.78 Å². The van der Waals surface area contributed by atoms with E-state index < -0.39 is 0 Å². The number of Topliss-reactive ketones (excluding diaryl/α,β-unsaturated/α-hetero) is 1. The summed E-state index contributed by atoms with van der Waals surface area (Å²) >= 11 is 0. The monoisotopic (exact) mass is 231 g/mol. The highest BCUT2D eigenvalue weighted by atomic mass is 16.5. The number of fused-ring (bicyclic) bond motifs is 2. The van der Waals surface area contributed by atoms with Crippen molar-refractivity contribution in [1.82, 2.24) is 4.98 Å². The second-order valence-corrected chi connectivity index (χ2v) is 5.18. The summed E-state index contributed by atoms with van der Waals surface area (Å²) in [7, 11) is 0. The summed E-state index contributed by atoms with van der Waals surface area (Å²) < 4.78 is 5.76. The fraction of sp³-hybridized carbons (Fsp3) is 0.571. The summed E-state index contributed by atoms with van der Waals surface area (Å²) in [6, 6.07) is 3.79. The summed E-state index contributed by atoms with van der Waals surface area (Å²) in [4.78, 5) is 16.5. The average Bonchev–Trinajstić information content (AvgIpc) is 2.68. The van der Waals surface area contributed by atoms with E-state index in [0.717, 1.165) is 36.9 Å². The third-order valence-electron chi connectivity index (χ3n) is 3.86. The van der Waals surface area contributed by atoms with Crippen molar-refractivity contribution in [2.45, 2.75) is 44.8 Å². The molecule has 1 aromatic rings. The van der Waals surface area contributed by atoms with E-state index in [-0.39, 0.29) is 11.7 Å². The van der Waals surface area contributed by atoms with Gasteiger partial charge in [-0.05, 0) is 44.7 Å². The lowest BCUT2D eigenvalue weighted by molar-refractivity contribution is -0.0149. The van der Waals surface area contributed by atoms with Crippen LogP contribution in [0.2, 0.25) is 0 Å². The van der Waals surface area contributed by atoms with E-state index in [9.17, 15) is 4.79 Å². The van der Waals surface area contributed by atoms with E-state index in [4.69, 9.17) is 4.74 Å². The SMILES string of the molecule is Cc1ccc(C(=O)C2CC3CCC(C2)O3)cn1. The molecule has 2 fully saturated rings. The van der Waals surface area contributed by atoms with Gasteiger partial charge in [0, 0.05) is 23.4 Å². The van der Waals surface area contributed by atoms with E-state index in [2.05, 4.69) is 4.98 Å². The normalized spacial score (nSPS) is 31.5. The van der Waals surface area contributed by atoms with Gasteiger partial charge in [0.25, 0.3) is 0 Å². The van der Waals surface area contributed by atoms with Crippen molar-refractivity contribution in [2.75, 3.05) is 0 Å². The van der Waals surface area contributed by atoms with Gasteiger partial charge < -0.3 is 4.74 Å². The molecule has 2 aliphatic rings. The maximum atomic E-state index is 12.3. The van der Waals surface area contributed by atoms with Crippen LogP contribution in [0.25, 0.3) is 0 Å². The third kappa shape index (κ3) is 2.12. The number of rotatable bonds is 2. The van der Waals surface area contributed by atoms with E-state index in [0.29, 0.717) is 12.2 Å². The molecule has 0 aromatic carbocycles. The Bertz CT molecular complexity index is 414. The fourth-order valence-electron chi connectivity index (χ4n) is 2.92. The Kier molecular flexibility index (Phi) is 2.71. The number of hydrogen-bond acceptors (Lipinski definition) is 3. The highest BCUT2D eigenvalue weighted by Crippen LogP contribution is 2.37. The summed E-state index contributed by atoms with van der Waals surface area (Å²) in [5.41, 5.74) is 1.70. The molecule has 1 aromatic heterocycles. The molecule has 17 heavy (non-hydrogen) atoms. The zero-order valence-electron chi connectivity index (χ0n) is 10.1. The fourth-order valence-corrected chi connectivity index (χ4v) is 2.92. The molecule has 90 valence electrons. The molecule has 0 saturated carbocycles. The molecule has 2 atom stereocenters. The van der Waals surface area contributed by atoms with Crippen molar-refractivity contribution in [3.8, 4) is 0 Å². The average molecular weight is 231 g/mol. The molecular formula is C14H17NO2. The third-order valence-corrected chi connectivity index (χ3v) is 3.86. The summed E-state index contributed by atoms with van der Waals surface area (Å²) in [5, 5.41) is 0. The van der Waals surface area contributed by atoms with Gasteiger partial charge in [-0.25, -0.2) is 0 Å². The van der Waals surface area contributed by atoms with Crippen LogP contribution in [-0.4, -0.2) is 23.0 Å². The Morgan fingerprint density at radius 1 is 1.29 bits per heavy atom. The number of hydrogen-bond donors (Lipinski definition) is 0. The van der Waals surface area contributed by atoms with Gasteiger partial charge in [0.2, 0.25) is 0 Å². The molecule has 0 spiro atoms. The number of ether oxygens (including phenoxy) is 1. The molecule has 3 heteroatoms. The number of carbonyl (C=O) groups is 1. The first-order chi connectivity index (χ1) is 8.22. The lowest BCUT2D eigenvalue weighted by atomic mass is 9.88. The van der Waals surface area contributed by atoms with E-state index >= 15 is 0 Å².